The normalized spacial score (nSPS) is 12.4. The number of nitrogens with one attached hydrogen (secondary N) is 2. The Labute approximate surface area is 166 Å². The molecule has 0 fully saturated rings. The number of likely N-dealkylation sites (N-methyl/N-ethyl adjacent to an activating group) is 2. The Balaban J connectivity index is 0.00000576. The molecule has 142 valence electrons. The van der Waals surface area contributed by atoms with Crippen LogP contribution in [0.25, 0.3) is 0 Å². The molecule has 0 radical (unpaired) electrons. The molecule has 25 heavy (non-hydrogen) atoms. The molecule has 1 amide bonds. The van der Waals surface area contributed by atoms with Crippen molar-refractivity contribution < 1.29 is 9.18 Å². The summed E-state index contributed by atoms with van der Waals surface area (Å²) in [5, 5.41) is 6.33. The summed E-state index contributed by atoms with van der Waals surface area (Å²) < 4.78 is 13.5. The Morgan fingerprint density at radius 3 is 2.44 bits per heavy atom. The van der Waals surface area contributed by atoms with Crippen LogP contribution >= 0.6 is 24.0 Å². The molecule has 0 aromatic heterocycles. The summed E-state index contributed by atoms with van der Waals surface area (Å²) in [6.45, 7) is 3.27. The molecule has 0 spiro atoms. The zero-order chi connectivity index (χ0) is 18.1. The molecule has 1 rings (SSSR count). The fraction of sp³-hybridized carbons (Fsp3) is 0.529. The third-order valence-electron chi connectivity index (χ3n) is 3.54. The van der Waals surface area contributed by atoms with Crippen molar-refractivity contribution in [3.63, 3.8) is 0 Å². The Morgan fingerprint density at radius 2 is 1.92 bits per heavy atom. The van der Waals surface area contributed by atoms with Gasteiger partial charge in [0, 0.05) is 27.2 Å². The first kappa shape index (κ1) is 23.6. The van der Waals surface area contributed by atoms with Crippen LogP contribution in [0.4, 0.5) is 4.39 Å². The van der Waals surface area contributed by atoms with E-state index in [0.29, 0.717) is 19.0 Å². The minimum absolute atomic E-state index is 0. The van der Waals surface area contributed by atoms with Crippen molar-refractivity contribution in [3.05, 3.63) is 35.6 Å². The highest BCUT2D eigenvalue weighted by molar-refractivity contribution is 14.0. The van der Waals surface area contributed by atoms with E-state index >= 15 is 0 Å². The summed E-state index contributed by atoms with van der Waals surface area (Å²) in [5.41, 5.74) is 0.882. The molecule has 6 nitrogen and oxygen atoms in total. The van der Waals surface area contributed by atoms with Crippen molar-refractivity contribution in [2.75, 3.05) is 47.8 Å². The van der Waals surface area contributed by atoms with Crippen LogP contribution in [-0.2, 0) is 4.79 Å². The van der Waals surface area contributed by atoms with Gasteiger partial charge in [0.15, 0.2) is 5.96 Å². The lowest BCUT2D eigenvalue weighted by Gasteiger charge is -2.26. The van der Waals surface area contributed by atoms with Crippen LogP contribution in [0.2, 0.25) is 0 Å². The smallest absolute Gasteiger partial charge is 0.243 e. The predicted molar refractivity (Wildman–Crippen MR) is 111 cm³/mol. The van der Waals surface area contributed by atoms with Gasteiger partial charge in [-0.15, -0.1) is 24.0 Å². The van der Waals surface area contributed by atoms with Gasteiger partial charge in [-0.25, -0.2) is 9.38 Å². The Bertz CT molecular complexity index is 566. The number of hydrogen-bond donors (Lipinski definition) is 2. The maximum Gasteiger partial charge on any atom is 0.243 e. The van der Waals surface area contributed by atoms with Crippen LogP contribution in [0.15, 0.2) is 29.3 Å². The highest BCUT2D eigenvalue weighted by Crippen LogP contribution is 2.18. The summed E-state index contributed by atoms with van der Waals surface area (Å²) >= 11 is 0. The van der Waals surface area contributed by atoms with Gasteiger partial charge in [0.1, 0.15) is 12.4 Å². The first-order chi connectivity index (χ1) is 11.3. The number of benzene rings is 1. The Kier molecular flexibility index (Phi) is 11.3. The molecule has 1 unspecified atom stereocenters. The zero-order valence-corrected chi connectivity index (χ0v) is 17.9. The van der Waals surface area contributed by atoms with Gasteiger partial charge >= 0.3 is 0 Å². The molecule has 1 aromatic rings. The molecular formula is C17H29FIN5O. The lowest BCUT2D eigenvalue weighted by Crippen LogP contribution is -2.42. The maximum atomic E-state index is 13.5. The number of carbonyl (C=O) groups excluding carboxylic acids is 1. The molecule has 0 saturated carbocycles. The van der Waals surface area contributed by atoms with Crippen molar-refractivity contribution in [1.29, 1.82) is 0 Å². The van der Waals surface area contributed by atoms with Gasteiger partial charge in [0.05, 0.1) is 6.04 Å². The van der Waals surface area contributed by atoms with E-state index in [9.17, 15) is 9.18 Å². The molecule has 0 aliphatic rings. The van der Waals surface area contributed by atoms with E-state index in [1.54, 1.807) is 20.2 Å². The van der Waals surface area contributed by atoms with Crippen LogP contribution < -0.4 is 10.6 Å². The summed E-state index contributed by atoms with van der Waals surface area (Å²) in [7, 11) is 7.28. The molecule has 0 aliphatic heterocycles. The fourth-order valence-corrected chi connectivity index (χ4v) is 2.14. The van der Waals surface area contributed by atoms with Gasteiger partial charge in [-0.3, -0.25) is 4.79 Å². The third-order valence-corrected chi connectivity index (χ3v) is 3.54. The van der Waals surface area contributed by atoms with E-state index in [4.69, 9.17) is 0 Å². The van der Waals surface area contributed by atoms with E-state index in [2.05, 4.69) is 15.6 Å². The first-order valence-corrected chi connectivity index (χ1v) is 7.99. The second-order valence-corrected chi connectivity index (χ2v) is 5.90. The topological polar surface area (TPSA) is 60.0 Å². The van der Waals surface area contributed by atoms with Crippen molar-refractivity contribution in [1.82, 2.24) is 20.4 Å². The van der Waals surface area contributed by atoms with Crippen molar-refractivity contribution in [2.24, 2.45) is 4.99 Å². The summed E-state index contributed by atoms with van der Waals surface area (Å²) in [5.74, 6) is 0.244. The molecule has 2 N–H and O–H groups in total. The number of carbonyl (C=O) groups is 1. The van der Waals surface area contributed by atoms with Gasteiger partial charge in [-0.1, -0.05) is 12.1 Å². The summed E-state index contributed by atoms with van der Waals surface area (Å²) in [4.78, 5) is 19.5. The second kappa shape index (κ2) is 12.0. The molecule has 0 bridgehead atoms. The molecule has 8 heteroatoms. The van der Waals surface area contributed by atoms with E-state index in [1.165, 1.54) is 17.0 Å². The molecule has 0 aliphatic carbocycles. The lowest BCUT2D eigenvalue weighted by molar-refractivity contribution is -0.127. The van der Waals surface area contributed by atoms with E-state index < -0.39 is 0 Å². The lowest BCUT2D eigenvalue weighted by atomic mass is 10.1. The third kappa shape index (κ3) is 8.48. The molecular weight excluding hydrogens is 436 g/mol. The minimum Gasteiger partial charge on any atom is -0.357 e. The van der Waals surface area contributed by atoms with Crippen LogP contribution in [-0.4, -0.2) is 69.5 Å². The monoisotopic (exact) mass is 465 g/mol. The number of hydrogen-bond acceptors (Lipinski definition) is 3. The molecule has 1 atom stereocenters. The second-order valence-electron chi connectivity index (χ2n) is 5.90. The van der Waals surface area contributed by atoms with E-state index in [1.807, 2.05) is 32.0 Å². The SMILES string of the molecule is CCNC(=NCC(=O)N(C)C)NCC(c1cccc(F)c1)N(C)C.I. The van der Waals surface area contributed by atoms with Gasteiger partial charge in [0.2, 0.25) is 5.91 Å². The predicted octanol–water partition coefficient (Wildman–Crippen LogP) is 1.69. The number of amides is 1. The van der Waals surface area contributed by atoms with E-state index in [0.717, 1.165) is 5.56 Å². The summed E-state index contributed by atoms with van der Waals surface area (Å²) in [6.07, 6.45) is 0. The average Bonchev–Trinajstić information content (AvgIpc) is 2.52. The van der Waals surface area contributed by atoms with Crippen molar-refractivity contribution >= 4 is 35.8 Å². The number of rotatable bonds is 7. The molecule has 0 heterocycles. The average molecular weight is 465 g/mol. The van der Waals surface area contributed by atoms with Gasteiger partial charge < -0.3 is 20.4 Å². The Morgan fingerprint density at radius 1 is 1.24 bits per heavy atom. The number of aliphatic imine (C=N–C) groups is 1. The van der Waals surface area contributed by atoms with Crippen LogP contribution in [0.3, 0.4) is 0 Å². The fourth-order valence-electron chi connectivity index (χ4n) is 2.14. The maximum absolute atomic E-state index is 13.5. The van der Waals surface area contributed by atoms with Crippen molar-refractivity contribution in [2.45, 2.75) is 13.0 Å². The van der Waals surface area contributed by atoms with Gasteiger partial charge in [-0.05, 0) is 38.7 Å². The zero-order valence-electron chi connectivity index (χ0n) is 15.5. The number of halogens is 2. The first-order valence-electron chi connectivity index (χ1n) is 7.99. The van der Waals surface area contributed by atoms with Crippen molar-refractivity contribution in [3.8, 4) is 0 Å². The van der Waals surface area contributed by atoms with E-state index in [-0.39, 0.29) is 48.3 Å². The number of nitrogens with zero attached hydrogens (tertiary/aromatic N) is 3. The summed E-state index contributed by atoms with van der Waals surface area (Å²) in [6, 6.07) is 6.55. The van der Waals surface area contributed by atoms with Crippen LogP contribution in [0.5, 0.6) is 0 Å². The van der Waals surface area contributed by atoms with Crippen LogP contribution in [0.1, 0.15) is 18.5 Å². The minimum atomic E-state index is -0.253. The highest BCUT2D eigenvalue weighted by atomic mass is 127. The largest absolute Gasteiger partial charge is 0.357 e. The van der Waals surface area contributed by atoms with Crippen LogP contribution in [0, 0.1) is 5.82 Å². The molecule has 1 aromatic carbocycles. The standard InChI is InChI=1S/C17H28FN5O.HI/c1-6-19-17(21-12-16(24)23(4)5)20-11-15(22(2)3)13-8-7-9-14(18)10-13;/h7-10,15H,6,11-12H2,1-5H3,(H2,19,20,21);1H. The highest BCUT2D eigenvalue weighted by Gasteiger charge is 2.15. The van der Waals surface area contributed by atoms with Gasteiger partial charge in [0.25, 0.3) is 0 Å². The Hall–Kier alpha value is -1.42. The quantitative estimate of drug-likeness (QED) is 0.366. The number of guanidine groups is 1. The molecule has 0 saturated heterocycles. The van der Waals surface area contributed by atoms with Gasteiger partial charge in [-0.2, -0.15) is 0 Å².